The van der Waals surface area contributed by atoms with Crippen molar-refractivity contribution in [2.45, 2.75) is 89.2 Å². The Morgan fingerprint density at radius 2 is 1.66 bits per heavy atom. The van der Waals surface area contributed by atoms with Gasteiger partial charge in [0.25, 0.3) is 0 Å². The second-order valence-corrected chi connectivity index (χ2v) is 9.82. The van der Waals surface area contributed by atoms with E-state index < -0.39 is 41.3 Å². The molecule has 1 aliphatic carbocycles. The van der Waals surface area contributed by atoms with Crippen molar-refractivity contribution < 1.29 is 37.7 Å². The second-order valence-electron chi connectivity index (χ2n) is 9.82. The Balaban J connectivity index is 1.65. The van der Waals surface area contributed by atoms with Crippen molar-refractivity contribution in [2.24, 2.45) is 11.8 Å². The number of Topliss-reactive ketones (excluding diaryl/α,β-unsaturated/α-hetero) is 1. The summed E-state index contributed by atoms with van der Waals surface area (Å²) >= 11 is 0. The summed E-state index contributed by atoms with van der Waals surface area (Å²) in [6, 6.07) is 6.11. The van der Waals surface area contributed by atoms with E-state index in [0.717, 1.165) is 31.7 Å². The van der Waals surface area contributed by atoms with Gasteiger partial charge in [-0.1, -0.05) is 43.5 Å². The largest absolute Gasteiger partial charge is 0.417 e. The molecular formula is C27H34F4O4. The Labute approximate surface area is 203 Å². The lowest BCUT2D eigenvalue weighted by atomic mass is 9.84. The van der Waals surface area contributed by atoms with Crippen LogP contribution >= 0.6 is 0 Å². The van der Waals surface area contributed by atoms with Crippen LogP contribution in [-0.2, 0) is 11.0 Å². The third kappa shape index (κ3) is 6.80. The highest BCUT2D eigenvalue weighted by molar-refractivity contribution is 5.87. The molecule has 5 atom stereocenters. The van der Waals surface area contributed by atoms with E-state index in [4.69, 9.17) is 0 Å². The summed E-state index contributed by atoms with van der Waals surface area (Å²) in [5.74, 6) is -1.37. The zero-order valence-corrected chi connectivity index (χ0v) is 19.9. The summed E-state index contributed by atoms with van der Waals surface area (Å²) < 4.78 is 55.4. The number of alkyl halides is 3. The van der Waals surface area contributed by atoms with Crippen molar-refractivity contribution >= 4 is 16.6 Å². The molecule has 3 N–H and O–H groups in total. The zero-order chi connectivity index (χ0) is 25.8. The average molecular weight is 499 g/mol. The summed E-state index contributed by atoms with van der Waals surface area (Å²) in [5.41, 5.74) is -1.29. The minimum absolute atomic E-state index is 0.0557. The number of halogens is 4. The molecule has 0 radical (unpaired) electrons. The molecule has 2 aromatic rings. The molecule has 0 aliphatic heterocycles. The molecule has 4 nitrogen and oxygen atoms in total. The van der Waals surface area contributed by atoms with Gasteiger partial charge in [0.2, 0.25) is 0 Å². The monoisotopic (exact) mass is 498 g/mol. The van der Waals surface area contributed by atoms with E-state index >= 15 is 4.39 Å². The highest BCUT2D eigenvalue weighted by Crippen LogP contribution is 2.42. The SMILES string of the molecule is CC(=O)CCCCCC[C@@H]1[C@@H](CCC(O)c2ccc3cccc(C(F)(F)F)c3c2F)[C@H](O)C[C@@H]1O. The number of aliphatic hydroxyl groups is 3. The molecule has 0 aromatic heterocycles. The Kier molecular flexibility index (Phi) is 9.29. The molecule has 0 heterocycles. The fourth-order valence-electron chi connectivity index (χ4n) is 5.44. The van der Waals surface area contributed by atoms with Gasteiger partial charge in [-0.2, -0.15) is 13.2 Å². The highest BCUT2D eigenvalue weighted by atomic mass is 19.4. The first kappa shape index (κ1) is 27.6. The van der Waals surface area contributed by atoms with Crippen molar-refractivity contribution in [3.8, 4) is 0 Å². The van der Waals surface area contributed by atoms with Crippen molar-refractivity contribution in [1.29, 1.82) is 0 Å². The molecule has 0 bridgehead atoms. The van der Waals surface area contributed by atoms with Crippen LogP contribution in [0.15, 0.2) is 30.3 Å². The number of carbonyl (C=O) groups excluding carboxylic acids is 1. The van der Waals surface area contributed by atoms with Crippen molar-refractivity contribution in [1.82, 2.24) is 0 Å². The van der Waals surface area contributed by atoms with Crippen LogP contribution in [-0.4, -0.2) is 33.3 Å². The van der Waals surface area contributed by atoms with Gasteiger partial charge < -0.3 is 20.1 Å². The number of carbonyl (C=O) groups is 1. The molecule has 35 heavy (non-hydrogen) atoms. The number of rotatable bonds is 11. The number of aliphatic hydroxyl groups excluding tert-OH is 3. The van der Waals surface area contributed by atoms with Gasteiger partial charge in [-0.05, 0) is 62.3 Å². The molecule has 0 spiro atoms. The van der Waals surface area contributed by atoms with Crippen LogP contribution in [0.3, 0.4) is 0 Å². The van der Waals surface area contributed by atoms with Crippen LogP contribution in [0.2, 0.25) is 0 Å². The molecule has 1 unspecified atom stereocenters. The van der Waals surface area contributed by atoms with Crippen LogP contribution in [0.1, 0.15) is 81.9 Å². The quantitative estimate of drug-likeness (QED) is 0.259. The number of fused-ring (bicyclic) bond motifs is 1. The molecule has 8 heteroatoms. The van der Waals surface area contributed by atoms with Crippen LogP contribution in [0.25, 0.3) is 10.8 Å². The maximum absolute atomic E-state index is 15.2. The molecule has 0 amide bonds. The van der Waals surface area contributed by atoms with Crippen molar-refractivity contribution in [3.05, 3.63) is 47.3 Å². The molecule has 0 saturated heterocycles. The summed E-state index contributed by atoms with van der Waals surface area (Å²) in [7, 11) is 0. The second kappa shape index (κ2) is 11.8. The standard InChI is InChI=1S/C27H34F4O4/c1-16(32)7-4-2-3-5-9-18-19(24(35)15-23(18)34)13-14-22(33)20-12-11-17-8-6-10-21(27(29,30)31)25(17)26(20)28/h6,8,10-12,18-19,22-24,33-35H,2-5,7,9,13-15H2,1H3/t18-,19-,22?,23+,24-/m1/s1. The van der Waals surface area contributed by atoms with Crippen LogP contribution in [0.4, 0.5) is 17.6 Å². The van der Waals surface area contributed by atoms with Crippen molar-refractivity contribution in [2.75, 3.05) is 0 Å². The van der Waals surface area contributed by atoms with Gasteiger partial charge >= 0.3 is 6.18 Å². The van der Waals surface area contributed by atoms with E-state index in [-0.39, 0.29) is 41.4 Å². The average Bonchev–Trinajstić information content (AvgIpc) is 3.05. The Hall–Kier alpha value is -2.03. The van der Waals surface area contributed by atoms with E-state index in [9.17, 15) is 33.3 Å². The first-order chi connectivity index (χ1) is 16.5. The fraction of sp³-hybridized carbons (Fsp3) is 0.593. The summed E-state index contributed by atoms with van der Waals surface area (Å²) in [6.07, 6.45) is -2.15. The molecule has 1 saturated carbocycles. The van der Waals surface area contributed by atoms with E-state index in [1.165, 1.54) is 24.3 Å². The smallest absolute Gasteiger partial charge is 0.393 e. The van der Waals surface area contributed by atoms with Gasteiger partial charge in [-0.3, -0.25) is 0 Å². The maximum Gasteiger partial charge on any atom is 0.417 e. The van der Waals surface area contributed by atoms with Gasteiger partial charge in [-0.15, -0.1) is 0 Å². The molecular weight excluding hydrogens is 464 g/mol. The summed E-state index contributed by atoms with van der Waals surface area (Å²) in [4.78, 5) is 11.0. The topological polar surface area (TPSA) is 77.8 Å². The van der Waals surface area contributed by atoms with Gasteiger partial charge in [-0.25, -0.2) is 4.39 Å². The molecule has 1 fully saturated rings. The van der Waals surface area contributed by atoms with E-state index in [1.54, 1.807) is 6.92 Å². The first-order valence-electron chi connectivity index (χ1n) is 12.3. The number of hydrogen-bond acceptors (Lipinski definition) is 4. The highest BCUT2D eigenvalue weighted by Gasteiger charge is 2.41. The molecule has 194 valence electrons. The summed E-state index contributed by atoms with van der Waals surface area (Å²) in [6.45, 7) is 1.56. The fourth-order valence-corrected chi connectivity index (χ4v) is 5.44. The third-order valence-electron chi connectivity index (χ3n) is 7.29. The number of unbranched alkanes of at least 4 members (excludes halogenated alkanes) is 3. The lowest BCUT2D eigenvalue weighted by molar-refractivity contribution is -0.136. The third-order valence-corrected chi connectivity index (χ3v) is 7.29. The predicted molar refractivity (Wildman–Crippen MR) is 125 cm³/mol. The van der Waals surface area contributed by atoms with Crippen LogP contribution in [0, 0.1) is 17.7 Å². The minimum atomic E-state index is -4.73. The minimum Gasteiger partial charge on any atom is -0.393 e. The Morgan fingerprint density at radius 3 is 2.31 bits per heavy atom. The van der Waals surface area contributed by atoms with Gasteiger partial charge in [0.15, 0.2) is 0 Å². The molecule has 3 rings (SSSR count). The normalized spacial score (nSPS) is 23.7. The van der Waals surface area contributed by atoms with Crippen molar-refractivity contribution in [3.63, 3.8) is 0 Å². The lowest BCUT2D eigenvalue weighted by Gasteiger charge is -2.25. The van der Waals surface area contributed by atoms with E-state index in [2.05, 4.69) is 0 Å². The molecule has 2 aromatic carbocycles. The number of ketones is 1. The zero-order valence-electron chi connectivity index (χ0n) is 19.9. The van der Waals surface area contributed by atoms with Gasteiger partial charge in [0.1, 0.15) is 11.6 Å². The predicted octanol–water partition coefficient (Wildman–Crippen LogP) is 6.10. The van der Waals surface area contributed by atoms with Crippen LogP contribution < -0.4 is 0 Å². The van der Waals surface area contributed by atoms with E-state index in [0.29, 0.717) is 19.3 Å². The Bertz CT molecular complexity index is 1010. The lowest BCUT2D eigenvalue weighted by Crippen LogP contribution is -2.23. The number of benzene rings is 2. The van der Waals surface area contributed by atoms with Gasteiger partial charge in [0, 0.05) is 17.4 Å². The molecule has 1 aliphatic rings. The summed E-state index contributed by atoms with van der Waals surface area (Å²) in [5, 5.41) is 31.1. The Morgan fingerprint density at radius 1 is 1.00 bits per heavy atom. The number of hydrogen-bond donors (Lipinski definition) is 3. The van der Waals surface area contributed by atoms with Gasteiger partial charge in [0.05, 0.1) is 23.9 Å². The first-order valence-corrected chi connectivity index (χ1v) is 12.3. The maximum atomic E-state index is 15.2. The van der Waals surface area contributed by atoms with E-state index in [1.807, 2.05) is 0 Å². The van der Waals surface area contributed by atoms with Crippen LogP contribution in [0.5, 0.6) is 0 Å².